The largest absolute Gasteiger partial charge is 0.383 e. The summed E-state index contributed by atoms with van der Waals surface area (Å²) in [4.78, 5) is 4.48. The van der Waals surface area contributed by atoms with E-state index in [0.717, 1.165) is 31.2 Å². The second-order valence-electron chi connectivity index (χ2n) is 5.93. The van der Waals surface area contributed by atoms with E-state index >= 15 is 0 Å². The number of nitrogens with one attached hydrogen (secondary N) is 2. The van der Waals surface area contributed by atoms with Crippen molar-refractivity contribution in [2.45, 2.75) is 32.3 Å². The quantitative estimate of drug-likeness (QED) is 0.233. The van der Waals surface area contributed by atoms with Gasteiger partial charge in [-0.25, -0.2) is 4.99 Å². The summed E-state index contributed by atoms with van der Waals surface area (Å²) in [7, 11) is 0. The third-order valence-corrected chi connectivity index (χ3v) is 4.30. The van der Waals surface area contributed by atoms with Crippen LogP contribution in [0.1, 0.15) is 32.3 Å². The first-order valence-electron chi connectivity index (χ1n) is 7.97. The molecule has 1 saturated carbocycles. The molecule has 5 nitrogen and oxygen atoms in total. The molecule has 1 atom stereocenters. The topological polar surface area (TPSA) is 65.9 Å². The minimum atomic E-state index is -0.940. The van der Waals surface area contributed by atoms with Crippen LogP contribution in [0.25, 0.3) is 0 Å². The monoisotopic (exact) mass is 453 g/mol. The van der Waals surface area contributed by atoms with Crippen molar-refractivity contribution in [3.05, 3.63) is 22.4 Å². The van der Waals surface area contributed by atoms with E-state index in [9.17, 15) is 5.11 Å². The molecule has 3 N–H and O–H groups in total. The molecule has 132 valence electrons. The zero-order valence-electron chi connectivity index (χ0n) is 13.9. The molecular formula is C16H28IN3O2S. The van der Waals surface area contributed by atoms with Gasteiger partial charge >= 0.3 is 0 Å². The summed E-state index contributed by atoms with van der Waals surface area (Å²) in [5.41, 5.74) is -0.0324. The highest BCUT2D eigenvalue weighted by molar-refractivity contribution is 14.0. The maximum absolute atomic E-state index is 10.5. The smallest absolute Gasteiger partial charge is 0.191 e. The predicted molar refractivity (Wildman–Crippen MR) is 107 cm³/mol. The number of nitrogens with zero attached hydrogens (tertiary/aromatic N) is 1. The lowest BCUT2D eigenvalue weighted by Crippen LogP contribution is -2.40. The molecule has 1 aliphatic carbocycles. The Morgan fingerprint density at radius 3 is 2.87 bits per heavy atom. The maximum atomic E-state index is 10.5. The number of hydrogen-bond acceptors (Lipinski definition) is 4. The summed E-state index contributed by atoms with van der Waals surface area (Å²) < 4.78 is 5.60. The normalized spacial score (nSPS) is 17.3. The van der Waals surface area contributed by atoms with Crippen molar-refractivity contribution in [3.8, 4) is 0 Å². The van der Waals surface area contributed by atoms with Gasteiger partial charge in [-0.3, -0.25) is 0 Å². The summed E-state index contributed by atoms with van der Waals surface area (Å²) in [5.74, 6) is 1.51. The molecule has 0 aromatic carbocycles. The fraction of sp³-hybridized carbons (Fsp3) is 0.688. The van der Waals surface area contributed by atoms with Crippen molar-refractivity contribution in [1.82, 2.24) is 10.6 Å². The third-order valence-electron chi connectivity index (χ3n) is 3.62. The van der Waals surface area contributed by atoms with E-state index in [0.29, 0.717) is 19.1 Å². The number of aliphatic hydroxyl groups is 1. The SMILES string of the molecule is CCNC(=NCC(C)(O)c1ccsc1)NCCOCC1CC1.I. The predicted octanol–water partition coefficient (Wildman–Crippen LogP) is 2.56. The number of ether oxygens (including phenoxy) is 1. The Morgan fingerprint density at radius 2 is 2.26 bits per heavy atom. The summed E-state index contributed by atoms with van der Waals surface area (Å²) in [6.45, 7) is 7.21. The Bertz CT molecular complexity index is 462. The van der Waals surface area contributed by atoms with E-state index < -0.39 is 5.60 Å². The Hall–Kier alpha value is -0.380. The van der Waals surface area contributed by atoms with E-state index in [1.54, 1.807) is 18.3 Å². The van der Waals surface area contributed by atoms with E-state index in [-0.39, 0.29) is 24.0 Å². The summed E-state index contributed by atoms with van der Waals surface area (Å²) in [5, 5.41) is 20.8. The second kappa shape index (κ2) is 10.5. The zero-order valence-corrected chi connectivity index (χ0v) is 17.0. The van der Waals surface area contributed by atoms with Gasteiger partial charge in [0.15, 0.2) is 5.96 Å². The first kappa shape index (κ1) is 20.7. The van der Waals surface area contributed by atoms with Crippen molar-refractivity contribution >= 4 is 41.3 Å². The van der Waals surface area contributed by atoms with E-state index in [4.69, 9.17) is 4.74 Å². The van der Waals surface area contributed by atoms with Gasteiger partial charge in [-0.2, -0.15) is 11.3 Å². The first-order chi connectivity index (χ1) is 10.6. The van der Waals surface area contributed by atoms with Crippen LogP contribution in [-0.2, 0) is 10.3 Å². The molecule has 7 heteroatoms. The molecule has 2 rings (SSSR count). The zero-order chi connectivity index (χ0) is 15.8. The number of rotatable bonds is 9. The molecule has 1 aromatic rings. The first-order valence-corrected chi connectivity index (χ1v) is 8.91. The van der Waals surface area contributed by atoms with Gasteiger partial charge in [0.25, 0.3) is 0 Å². The molecule has 1 heterocycles. The lowest BCUT2D eigenvalue weighted by molar-refractivity contribution is 0.0677. The molecule has 0 aliphatic heterocycles. The standard InChI is InChI=1S/C16H27N3O2S.HI/c1-3-17-15(18-7-8-21-10-13-4-5-13)19-12-16(2,20)14-6-9-22-11-14;/h6,9,11,13,20H,3-5,7-8,10,12H2,1-2H3,(H2,17,18,19);1H. The average Bonchev–Trinajstić information content (AvgIpc) is 3.14. The fourth-order valence-corrected chi connectivity index (χ4v) is 2.80. The van der Waals surface area contributed by atoms with Crippen molar-refractivity contribution in [3.63, 3.8) is 0 Å². The van der Waals surface area contributed by atoms with Crippen LogP contribution in [-0.4, -0.2) is 43.9 Å². The van der Waals surface area contributed by atoms with Crippen LogP contribution < -0.4 is 10.6 Å². The molecule has 1 unspecified atom stereocenters. The van der Waals surface area contributed by atoms with Gasteiger partial charge in [-0.1, -0.05) is 0 Å². The van der Waals surface area contributed by atoms with Gasteiger partial charge < -0.3 is 20.5 Å². The Labute approximate surface area is 159 Å². The van der Waals surface area contributed by atoms with Crippen molar-refractivity contribution in [1.29, 1.82) is 0 Å². The summed E-state index contributed by atoms with van der Waals surface area (Å²) >= 11 is 1.58. The lowest BCUT2D eigenvalue weighted by atomic mass is 10.00. The second-order valence-corrected chi connectivity index (χ2v) is 6.71. The van der Waals surface area contributed by atoms with Gasteiger partial charge in [-0.15, -0.1) is 24.0 Å². The van der Waals surface area contributed by atoms with Crippen LogP contribution in [0.4, 0.5) is 0 Å². The van der Waals surface area contributed by atoms with Gasteiger partial charge in [0.05, 0.1) is 13.2 Å². The molecule has 1 aliphatic rings. The van der Waals surface area contributed by atoms with Gasteiger partial charge in [-0.05, 0) is 55.0 Å². The number of thiophene rings is 1. The van der Waals surface area contributed by atoms with Crippen LogP contribution in [0.2, 0.25) is 0 Å². The molecule has 0 bridgehead atoms. The lowest BCUT2D eigenvalue weighted by Gasteiger charge is -2.21. The number of guanidine groups is 1. The van der Waals surface area contributed by atoms with Crippen LogP contribution in [0.5, 0.6) is 0 Å². The molecule has 1 fully saturated rings. The van der Waals surface area contributed by atoms with Gasteiger partial charge in [0, 0.05) is 19.7 Å². The molecule has 0 saturated heterocycles. The summed E-state index contributed by atoms with van der Waals surface area (Å²) in [6.07, 6.45) is 2.63. The maximum Gasteiger partial charge on any atom is 0.191 e. The van der Waals surface area contributed by atoms with Crippen LogP contribution in [0.15, 0.2) is 21.8 Å². The van der Waals surface area contributed by atoms with Gasteiger partial charge in [0.1, 0.15) is 5.60 Å². The van der Waals surface area contributed by atoms with Crippen molar-refractivity contribution in [2.75, 3.05) is 32.8 Å². The minimum Gasteiger partial charge on any atom is -0.383 e. The highest BCUT2D eigenvalue weighted by Crippen LogP contribution is 2.28. The van der Waals surface area contributed by atoms with Crippen molar-refractivity contribution < 1.29 is 9.84 Å². The van der Waals surface area contributed by atoms with E-state index in [1.165, 1.54) is 12.8 Å². The van der Waals surface area contributed by atoms with Crippen LogP contribution in [0.3, 0.4) is 0 Å². The highest BCUT2D eigenvalue weighted by atomic mass is 127. The van der Waals surface area contributed by atoms with E-state index in [2.05, 4.69) is 15.6 Å². The molecule has 1 aromatic heterocycles. The Kier molecular flexibility index (Phi) is 9.41. The average molecular weight is 453 g/mol. The minimum absolute atomic E-state index is 0. The van der Waals surface area contributed by atoms with Gasteiger partial charge in [0.2, 0.25) is 0 Å². The molecule has 0 spiro atoms. The fourth-order valence-electron chi connectivity index (χ4n) is 2.01. The highest BCUT2D eigenvalue weighted by Gasteiger charge is 2.23. The number of hydrogen-bond donors (Lipinski definition) is 3. The van der Waals surface area contributed by atoms with E-state index in [1.807, 2.05) is 23.8 Å². The molecular weight excluding hydrogens is 425 g/mol. The van der Waals surface area contributed by atoms with Crippen molar-refractivity contribution in [2.24, 2.45) is 10.9 Å². The number of halogens is 1. The molecule has 0 radical (unpaired) electrons. The Morgan fingerprint density at radius 1 is 1.48 bits per heavy atom. The molecule has 23 heavy (non-hydrogen) atoms. The van der Waals surface area contributed by atoms with Crippen LogP contribution >= 0.6 is 35.3 Å². The third kappa shape index (κ3) is 7.82. The number of aliphatic imine (C=N–C) groups is 1. The van der Waals surface area contributed by atoms with Crippen LogP contribution in [0, 0.1) is 5.92 Å². The molecule has 0 amide bonds. The Balaban J connectivity index is 0.00000264. The summed E-state index contributed by atoms with van der Waals surface area (Å²) in [6, 6.07) is 1.94.